The topological polar surface area (TPSA) is 53.5 Å². The lowest BCUT2D eigenvalue weighted by Gasteiger charge is -2.18. The van der Waals surface area contributed by atoms with E-state index >= 15 is 0 Å². The zero-order valence-corrected chi connectivity index (χ0v) is 13.8. The van der Waals surface area contributed by atoms with E-state index in [1.807, 2.05) is 38.4 Å². The highest BCUT2D eigenvalue weighted by atomic mass is 32.2. The third-order valence-corrected chi connectivity index (χ3v) is 5.91. The monoisotopic (exact) mass is 319 g/mol. The summed E-state index contributed by atoms with van der Waals surface area (Å²) in [6, 6.07) is 9.28. The molecule has 1 saturated heterocycles. The first-order chi connectivity index (χ1) is 10.5. The summed E-state index contributed by atoms with van der Waals surface area (Å²) in [7, 11) is 0.590. The second kappa shape index (κ2) is 5.95. The first-order valence-corrected chi connectivity index (χ1v) is 8.90. The van der Waals surface area contributed by atoms with Crippen molar-refractivity contribution in [3.05, 3.63) is 36.5 Å². The molecule has 1 aromatic heterocycles. The summed E-state index contributed by atoms with van der Waals surface area (Å²) in [5.74, 6) is 0.401. The molecule has 0 radical (unpaired) electrons. The second-order valence-electron chi connectivity index (χ2n) is 6.14. The number of para-hydroxylation sites is 1. The number of nitrogens with zero attached hydrogens (tertiary/aromatic N) is 3. The Hall–Kier alpha value is -1.50. The average Bonchev–Trinajstić information content (AvgIpc) is 2.95. The van der Waals surface area contributed by atoms with Crippen LogP contribution in [-0.2, 0) is 10.0 Å². The Labute approximate surface area is 131 Å². The molecule has 0 spiro atoms. The van der Waals surface area contributed by atoms with E-state index in [1.165, 1.54) is 6.20 Å². The highest BCUT2D eigenvalue weighted by Crippen LogP contribution is 2.25. The quantitative estimate of drug-likeness (QED) is 0.862. The Morgan fingerprint density at radius 2 is 2.09 bits per heavy atom. The molecule has 0 aliphatic carbocycles. The third-order valence-electron chi connectivity index (χ3n) is 4.08. The van der Waals surface area contributed by atoms with E-state index < -0.39 is 10.0 Å². The van der Waals surface area contributed by atoms with Crippen LogP contribution in [0.2, 0.25) is 0 Å². The van der Waals surface area contributed by atoms with E-state index in [2.05, 4.69) is 9.88 Å². The Bertz CT molecular complexity index is 774. The summed E-state index contributed by atoms with van der Waals surface area (Å²) in [6.45, 7) is 2.10. The van der Waals surface area contributed by atoms with Crippen LogP contribution >= 0.6 is 0 Å². The Morgan fingerprint density at radius 3 is 2.86 bits per heavy atom. The molecular formula is C16H21N3O2S. The molecule has 1 fully saturated rings. The predicted octanol–water partition coefficient (Wildman–Crippen LogP) is 1.81. The summed E-state index contributed by atoms with van der Waals surface area (Å²) in [5, 5.41) is 0.854. The molecule has 2 aromatic rings. The lowest BCUT2D eigenvalue weighted by molar-refractivity contribution is 0.329. The zero-order valence-electron chi connectivity index (χ0n) is 12.9. The van der Waals surface area contributed by atoms with Gasteiger partial charge in [0.1, 0.15) is 4.90 Å². The van der Waals surface area contributed by atoms with E-state index in [-0.39, 0.29) is 4.90 Å². The molecule has 118 valence electrons. The van der Waals surface area contributed by atoms with Crippen LogP contribution in [0.5, 0.6) is 0 Å². The fourth-order valence-corrected chi connectivity index (χ4v) is 4.53. The van der Waals surface area contributed by atoms with Gasteiger partial charge in [-0.05, 0) is 38.6 Å². The summed E-state index contributed by atoms with van der Waals surface area (Å²) in [4.78, 5) is 6.67. The lowest BCUT2D eigenvalue weighted by atomic mass is 10.1. The minimum absolute atomic E-state index is 0.289. The van der Waals surface area contributed by atoms with Crippen LogP contribution in [0.15, 0.2) is 41.4 Å². The maximum absolute atomic E-state index is 12.8. The van der Waals surface area contributed by atoms with Gasteiger partial charge in [0, 0.05) is 31.2 Å². The molecule has 6 heteroatoms. The molecule has 1 aromatic carbocycles. The second-order valence-corrected chi connectivity index (χ2v) is 8.08. The van der Waals surface area contributed by atoms with Crippen molar-refractivity contribution in [1.29, 1.82) is 0 Å². The maximum Gasteiger partial charge on any atom is 0.244 e. The van der Waals surface area contributed by atoms with Crippen molar-refractivity contribution in [2.75, 3.05) is 33.7 Å². The molecule has 1 unspecified atom stereocenters. The number of hydrogen-bond acceptors (Lipinski definition) is 4. The first-order valence-electron chi connectivity index (χ1n) is 7.46. The first kappa shape index (κ1) is 15.4. The number of hydrogen-bond donors (Lipinski definition) is 0. The molecule has 1 atom stereocenters. The SMILES string of the molecule is CN(C)CC1CCN(S(=O)(=O)c2cnc3ccccc3c2)C1. The van der Waals surface area contributed by atoms with Gasteiger partial charge >= 0.3 is 0 Å². The van der Waals surface area contributed by atoms with Gasteiger partial charge in [0.05, 0.1) is 5.52 Å². The minimum Gasteiger partial charge on any atom is -0.309 e. The largest absolute Gasteiger partial charge is 0.309 e. The molecule has 1 aliphatic heterocycles. The average molecular weight is 319 g/mol. The standard InChI is InChI=1S/C16H21N3O2S/c1-18(2)11-13-7-8-19(12-13)22(20,21)15-9-14-5-3-4-6-16(14)17-10-15/h3-6,9-10,13H,7-8,11-12H2,1-2H3. The van der Waals surface area contributed by atoms with E-state index in [9.17, 15) is 8.42 Å². The molecule has 0 saturated carbocycles. The molecule has 0 N–H and O–H groups in total. The highest BCUT2D eigenvalue weighted by molar-refractivity contribution is 7.89. The summed E-state index contributed by atoms with van der Waals surface area (Å²) in [6.07, 6.45) is 2.38. The summed E-state index contributed by atoms with van der Waals surface area (Å²) >= 11 is 0. The van der Waals surface area contributed by atoms with E-state index in [1.54, 1.807) is 10.4 Å². The van der Waals surface area contributed by atoms with Crippen molar-refractivity contribution in [3.63, 3.8) is 0 Å². The summed E-state index contributed by atoms with van der Waals surface area (Å²) < 4.78 is 27.2. The predicted molar refractivity (Wildman–Crippen MR) is 87.2 cm³/mol. The van der Waals surface area contributed by atoms with Gasteiger partial charge < -0.3 is 4.90 Å². The molecule has 3 rings (SSSR count). The number of benzene rings is 1. The molecule has 0 bridgehead atoms. The van der Waals surface area contributed by atoms with Gasteiger partial charge in [-0.15, -0.1) is 0 Å². The maximum atomic E-state index is 12.8. The van der Waals surface area contributed by atoms with Crippen molar-refractivity contribution in [1.82, 2.24) is 14.2 Å². The molecule has 5 nitrogen and oxygen atoms in total. The molecular weight excluding hydrogens is 298 g/mol. The lowest BCUT2D eigenvalue weighted by Crippen LogP contribution is -2.30. The number of aromatic nitrogens is 1. The van der Waals surface area contributed by atoms with Crippen LogP contribution in [0.3, 0.4) is 0 Å². The minimum atomic E-state index is -3.45. The summed E-state index contributed by atoms with van der Waals surface area (Å²) in [5.41, 5.74) is 0.813. The number of pyridine rings is 1. The van der Waals surface area contributed by atoms with Crippen LogP contribution in [-0.4, -0.2) is 56.3 Å². The van der Waals surface area contributed by atoms with Crippen molar-refractivity contribution in [2.24, 2.45) is 5.92 Å². The number of sulfonamides is 1. The van der Waals surface area contributed by atoms with Gasteiger partial charge in [-0.25, -0.2) is 8.42 Å². The fraction of sp³-hybridized carbons (Fsp3) is 0.438. The van der Waals surface area contributed by atoms with Crippen molar-refractivity contribution in [2.45, 2.75) is 11.3 Å². The van der Waals surface area contributed by atoms with E-state index in [0.717, 1.165) is 23.9 Å². The Balaban J connectivity index is 1.85. The number of fused-ring (bicyclic) bond motifs is 1. The van der Waals surface area contributed by atoms with Crippen LogP contribution in [0.4, 0.5) is 0 Å². The molecule has 0 amide bonds. The van der Waals surface area contributed by atoms with Gasteiger partial charge in [-0.2, -0.15) is 4.31 Å². The highest BCUT2D eigenvalue weighted by Gasteiger charge is 2.32. The Morgan fingerprint density at radius 1 is 1.32 bits per heavy atom. The molecule has 1 aliphatic rings. The molecule has 2 heterocycles. The van der Waals surface area contributed by atoms with Crippen LogP contribution in [0, 0.1) is 5.92 Å². The van der Waals surface area contributed by atoms with Gasteiger partial charge in [-0.3, -0.25) is 4.98 Å². The van der Waals surface area contributed by atoms with Gasteiger partial charge in [0.2, 0.25) is 10.0 Å². The van der Waals surface area contributed by atoms with E-state index in [0.29, 0.717) is 19.0 Å². The van der Waals surface area contributed by atoms with Crippen LogP contribution in [0.25, 0.3) is 10.9 Å². The fourth-order valence-electron chi connectivity index (χ4n) is 3.02. The van der Waals surface area contributed by atoms with Crippen molar-refractivity contribution >= 4 is 20.9 Å². The van der Waals surface area contributed by atoms with Gasteiger partial charge in [-0.1, -0.05) is 18.2 Å². The molecule has 22 heavy (non-hydrogen) atoms. The normalized spacial score (nSPS) is 20.0. The van der Waals surface area contributed by atoms with Crippen LogP contribution < -0.4 is 0 Å². The Kier molecular flexibility index (Phi) is 4.16. The van der Waals surface area contributed by atoms with Crippen molar-refractivity contribution in [3.8, 4) is 0 Å². The van der Waals surface area contributed by atoms with E-state index in [4.69, 9.17) is 0 Å². The van der Waals surface area contributed by atoms with Crippen molar-refractivity contribution < 1.29 is 8.42 Å². The number of rotatable bonds is 4. The smallest absolute Gasteiger partial charge is 0.244 e. The van der Waals surface area contributed by atoms with Gasteiger partial charge in [0.25, 0.3) is 0 Å². The zero-order chi connectivity index (χ0) is 15.7. The third kappa shape index (κ3) is 2.99. The van der Waals surface area contributed by atoms with Gasteiger partial charge in [0.15, 0.2) is 0 Å². The van der Waals surface area contributed by atoms with Crippen LogP contribution in [0.1, 0.15) is 6.42 Å².